The molecule has 1 aliphatic heterocycles. The maximum Gasteiger partial charge on any atom is 0.238 e. The number of amides is 1. The first-order valence-corrected chi connectivity index (χ1v) is 10.6. The number of nitrogens with one attached hydrogen (secondary N) is 1. The Kier molecular flexibility index (Phi) is 8.11. The van der Waals surface area contributed by atoms with Gasteiger partial charge in [-0.3, -0.25) is 14.6 Å². The van der Waals surface area contributed by atoms with E-state index in [1.807, 2.05) is 42.3 Å². The van der Waals surface area contributed by atoms with Crippen molar-refractivity contribution in [2.75, 3.05) is 52.8 Å². The van der Waals surface area contributed by atoms with Gasteiger partial charge in [0.25, 0.3) is 0 Å². The van der Waals surface area contributed by atoms with Crippen LogP contribution in [0.4, 0.5) is 5.69 Å². The van der Waals surface area contributed by atoms with Crippen molar-refractivity contribution < 1.29 is 14.3 Å². The molecule has 2 aromatic carbocycles. The van der Waals surface area contributed by atoms with Gasteiger partial charge in [-0.25, -0.2) is 0 Å². The van der Waals surface area contributed by atoms with E-state index in [1.165, 1.54) is 31.5 Å². The highest BCUT2D eigenvalue weighted by Crippen LogP contribution is 2.27. The fourth-order valence-corrected chi connectivity index (χ4v) is 3.77. The Morgan fingerprint density at radius 1 is 1.00 bits per heavy atom. The van der Waals surface area contributed by atoms with Crippen LogP contribution < -0.4 is 14.8 Å². The lowest BCUT2D eigenvalue weighted by Crippen LogP contribution is -2.31. The van der Waals surface area contributed by atoms with Gasteiger partial charge in [0.1, 0.15) is 0 Å². The van der Waals surface area contributed by atoms with Gasteiger partial charge in [-0.05, 0) is 74.8 Å². The van der Waals surface area contributed by atoms with Gasteiger partial charge in [-0.2, -0.15) is 0 Å². The first-order chi connectivity index (χ1) is 14.6. The van der Waals surface area contributed by atoms with Crippen molar-refractivity contribution in [3.8, 4) is 11.5 Å². The molecule has 0 bridgehead atoms. The van der Waals surface area contributed by atoms with E-state index >= 15 is 0 Å². The second-order valence-electron chi connectivity index (χ2n) is 7.91. The molecule has 162 valence electrons. The molecule has 1 fully saturated rings. The van der Waals surface area contributed by atoms with Crippen LogP contribution in [-0.4, -0.2) is 63.2 Å². The highest BCUT2D eigenvalue weighted by atomic mass is 16.5. The summed E-state index contributed by atoms with van der Waals surface area (Å²) in [5.41, 5.74) is 3.29. The normalized spacial score (nSPS) is 14.1. The minimum Gasteiger partial charge on any atom is -0.493 e. The van der Waals surface area contributed by atoms with Crippen LogP contribution >= 0.6 is 0 Å². The van der Waals surface area contributed by atoms with Crippen molar-refractivity contribution in [2.24, 2.45) is 0 Å². The maximum atomic E-state index is 12.4. The topological polar surface area (TPSA) is 54.0 Å². The van der Waals surface area contributed by atoms with Crippen molar-refractivity contribution in [3.63, 3.8) is 0 Å². The van der Waals surface area contributed by atoms with Crippen LogP contribution in [0, 0.1) is 0 Å². The molecule has 0 radical (unpaired) electrons. The Balaban J connectivity index is 1.43. The molecule has 0 saturated carbocycles. The Morgan fingerprint density at radius 2 is 1.67 bits per heavy atom. The molecular formula is C24H33N3O3. The largest absolute Gasteiger partial charge is 0.493 e. The molecule has 3 rings (SSSR count). The molecule has 1 N–H and O–H groups in total. The monoisotopic (exact) mass is 411 g/mol. The van der Waals surface area contributed by atoms with E-state index in [9.17, 15) is 4.79 Å². The minimum absolute atomic E-state index is 0.00268. The van der Waals surface area contributed by atoms with Crippen molar-refractivity contribution >= 4 is 11.6 Å². The van der Waals surface area contributed by atoms with Crippen molar-refractivity contribution in [1.29, 1.82) is 0 Å². The Hall–Kier alpha value is -2.57. The molecule has 0 spiro atoms. The van der Waals surface area contributed by atoms with Gasteiger partial charge >= 0.3 is 0 Å². The highest BCUT2D eigenvalue weighted by Gasteiger charge is 2.12. The van der Waals surface area contributed by atoms with Gasteiger partial charge in [0.05, 0.1) is 20.8 Å². The zero-order valence-corrected chi connectivity index (χ0v) is 18.3. The number of nitrogens with zero attached hydrogens (tertiary/aromatic N) is 2. The van der Waals surface area contributed by atoms with Crippen LogP contribution in [0.25, 0.3) is 0 Å². The molecule has 0 aromatic heterocycles. The number of likely N-dealkylation sites (tertiary alicyclic amines) is 1. The molecule has 6 heteroatoms. The number of carbonyl (C=O) groups is 1. The first kappa shape index (κ1) is 22.1. The molecule has 1 aliphatic rings. The lowest BCUT2D eigenvalue weighted by molar-refractivity contribution is -0.117. The first-order valence-electron chi connectivity index (χ1n) is 10.6. The van der Waals surface area contributed by atoms with Crippen molar-refractivity contribution in [1.82, 2.24) is 9.80 Å². The van der Waals surface area contributed by atoms with E-state index in [0.29, 0.717) is 6.54 Å². The Bertz CT molecular complexity index is 817. The van der Waals surface area contributed by atoms with E-state index in [0.717, 1.165) is 42.3 Å². The van der Waals surface area contributed by atoms with Crippen LogP contribution in [0.3, 0.4) is 0 Å². The number of carbonyl (C=O) groups excluding carboxylic acids is 1. The predicted molar refractivity (Wildman–Crippen MR) is 120 cm³/mol. The molecule has 6 nitrogen and oxygen atoms in total. The number of hydrogen-bond donors (Lipinski definition) is 1. The Morgan fingerprint density at radius 3 is 2.33 bits per heavy atom. The maximum absolute atomic E-state index is 12.4. The average molecular weight is 412 g/mol. The number of likely N-dealkylation sites (N-methyl/N-ethyl adjacent to an activating group) is 1. The van der Waals surface area contributed by atoms with Crippen molar-refractivity contribution in [3.05, 3.63) is 53.6 Å². The van der Waals surface area contributed by atoms with E-state index in [2.05, 4.69) is 22.3 Å². The fourth-order valence-electron chi connectivity index (χ4n) is 3.77. The van der Waals surface area contributed by atoms with Crippen LogP contribution in [0.2, 0.25) is 0 Å². The summed E-state index contributed by atoms with van der Waals surface area (Å²) in [4.78, 5) is 16.9. The average Bonchev–Trinajstić information content (AvgIpc) is 3.26. The zero-order chi connectivity index (χ0) is 21.3. The molecule has 0 unspecified atom stereocenters. The lowest BCUT2D eigenvalue weighted by Gasteiger charge is -2.17. The molecule has 0 aliphatic carbocycles. The molecular weight excluding hydrogens is 378 g/mol. The van der Waals surface area contributed by atoms with Crippen molar-refractivity contribution in [2.45, 2.75) is 25.8 Å². The number of anilines is 1. The van der Waals surface area contributed by atoms with Gasteiger partial charge in [0.15, 0.2) is 11.5 Å². The third-order valence-electron chi connectivity index (χ3n) is 5.49. The van der Waals surface area contributed by atoms with E-state index in [1.54, 1.807) is 14.2 Å². The van der Waals surface area contributed by atoms with Gasteiger partial charge in [0.2, 0.25) is 5.91 Å². The van der Waals surface area contributed by atoms with Crippen LogP contribution in [0.1, 0.15) is 24.0 Å². The summed E-state index contributed by atoms with van der Waals surface area (Å²) in [6.07, 6.45) is 3.43. The number of rotatable bonds is 10. The van der Waals surface area contributed by atoms with Crippen LogP contribution in [0.15, 0.2) is 42.5 Å². The number of methoxy groups -OCH3 is 2. The SMILES string of the molecule is COc1ccc(CCN(C)CC(=O)Nc2ccc(CN3CCCC3)cc2)cc1OC. The molecule has 1 heterocycles. The number of benzene rings is 2. The zero-order valence-electron chi connectivity index (χ0n) is 18.3. The molecule has 0 atom stereocenters. The van der Waals surface area contributed by atoms with Gasteiger partial charge in [-0.15, -0.1) is 0 Å². The molecule has 1 amide bonds. The molecule has 2 aromatic rings. The summed E-state index contributed by atoms with van der Waals surface area (Å²) in [6, 6.07) is 14.1. The second kappa shape index (κ2) is 11.0. The van der Waals surface area contributed by atoms with Crippen LogP contribution in [-0.2, 0) is 17.8 Å². The van der Waals surface area contributed by atoms with E-state index < -0.39 is 0 Å². The molecule has 30 heavy (non-hydrogen) atoms. The third-order valence-corrected chi connectivity index (χ3v) is 5.49. The third kappa shape index (κ3) is 6.47. The predicted octanol–water partition coefficient (Wildman–Crippen LogP) is 3.41. The molecule has 1 saturated heterocycles. The quantitative estimate of drug-likeness (QED) is 0.649. The summed E-state index contributed by atoms with van der Waals surface area (Å²) in [7, 11) is 5.22. The summed E-state index contributed by atoms with van der Waals surface area (Å²) >= 11 is 0. The summed E-state index contributed by atoms with van der Waals surface area (Å²) in [5.74, 6) is 1.45. The standard InChI is InChI=1S/C24H33N3O3/c1-26(15-12-19-8-11-22(29-2)23(16-19)30-3)18-24(28)25-21-9-6-20(7-10-21)17-27-13-4-5-14-27/h6-11,16H,4-5,12-15,17-18H2,1-3H3,(H,25,28). The number of hydrogen-bond acceptors (Lipinski definition) is 5. The van der Waals surface area contributed by atoms with E-state index in [-0.39, 0.29) is 5.91 Å². The minimum atomic E-state index is -0.00268. The fraction of sp³-hybridized carbons (Fsp3) is 0.458. The van der Waals surface area contributed by atoms with Crippen LogP contribution in [0.5, 0.6) is 11.5 Å². The van der Waals surface area contributed by atoms with Gasteiger partial charge in [-0.1, -0.05) is 18.2 Å². The summed E-state index contributed by atoms with van der Waals surface area (Å²) in [6.45, 7) is 4.50. The summed E-state index contributed by atoms with van der Waals surface area (Å²) < 4.78 is 10.6. The van der Waals surface area contributed by atoms with E-state index in [4.69, 9.17) is 9.47 Å². The smallest absolute Gasteiger partial charge is 0.238 e. The van der Waals surface area contributed by atoms with Gasteiger partial charge in [0, 0.05) is 18.8 Å². The lowest BCUT2D eigenvalue weighted by atomic mass is 10.1. The number of ether oxygens (including phenoxy) is 2. The second-order valence-corrected chi connectivity index (χ2v) is 7.91. The highest BCUT2D eigenvalue weighted by molar-refractivity contribution is 5.92. The summed E-state index contributed by atoms with van der Waals surface area (Å²) in [5, 5.41) is 2.99. The Labute approximate surface area is 179 Å². The van der Waals surface area contributed by atoms with Gasteiger partial charge < -0.3 is 14.8 Å².